The van der Waals surface area contributed by atoms with Gasteiger partial charge in [0, 0.05) is 6.61 Å². The number of aliphatic carboxylic acids is 2. The van der Waals surface area contributed by atoms with Gasteiger partial charge >= 0.3 is 11.9 Å². The van der Waals surface area contributed by atoms with Gasteiger partial charge in [0.05, 0.1) is 24.0 Å². The number of unbranched alkanes of at least 4 members (excludes halogenated alkanes) is 9. The van der Waals surface area contributed by atoms with E-state index in [0.717, 1.165) is 12.8 Å². The first-order valence-corrected chi connectivity index (χ1v) is 10.2. The summed E-state index contributed by atoms with van der Waals surface area (Å²) in [5.74, 6) is -4.32. The highest BCUT2D eigenvalue weighted by atomic mass is 16.5. The Kier molecular flexibility index (Phi) is 11.5. The smallest absolute Gasteiger partial charge is 0.307 e. The van der Waals surface area contributed by atoms with E-state index in [2.05, 4.69) is 6.92 Å². The molecule has 0 aliphatic heterocycles. The van der Waals surface area contributed by atoms with Gasteiger partial charge in [0.25, 0.3) is 0 Å². The summed E-state index contributed by atoms with van der Waals surface area (Å²) in [5.41, 5.74) is 0. The third kappa shape index (κ3) is 8.49. The first-order valence-electron chi connectivity index (χ1n) is 10.2. The van der Waals surface area contributed by atoms with E-state index < -0.39 is 36.0 Å². The van der Waals surface area contributed by atoms with Crippen LogP contribution in [0, 0.1) is 11.8 Å². The van der Waals surface area contributed by atoms with Gasteiger partial charge < -0.3 is 20.1 Å². The van der Waals surface area contributed by atoms with Crippen LogP contribution in [0.25, 0.3) is 0 Å². The monoisotopic (exact) mass is 372 g/mol. The lowest BCUT2D eigenvalue weighted by Crippen LogP contribution is -2.46. The fraction of sp³-hybridized carbons (Fsp3) is 0.900. The second kappa shape index (κ2) is 13.1. The molecule has 1 aliphatic carbocycles. The van der Waals surface area contributed by atoms with Crippen LogP contribution in [0.1, 0.15) is 84.0 Å². The van der Waals surface area contributed by atoms with Crippen molar-refractivity contribution in [3.05, 3.63) is 0 Å². The Labute approximate surface area is 156 Å². The van der Waals surface area contributed by atoms with Crippen LogP contribution in [-0.4, -0.2) is 46.1 Å². The summed E-state index contributed by atoms with van der Waals surface area (Å²) >= 11 is 0. The third-order valence-electron chi connectivity index (χ3n) is 5.36. The zero-order valence-corrected chi connectivity index (χ0v) is 16.1. The average molecular weight is 373 g/mol. The molecule has 4 atom stereocenters. The van der Waals surface area contributed by atoms with Gasteiger partial charge in [-0.1, -0.05) is 64.7 Å². The van der Waals surface area contributed by atoms with Crippen LogP contribution >= 0.6 is 0 Å². The SMILES string of the molecule is CCCCCCCCCCCCO[C@@H]1C[C@H](C(=O)O)[C@H](C(=O)O)C[C@H]1O. The van der Waals surface area contributed by atoms with Crippen molar-refractivity contribution in [3.63, 3.8) is 0 Å². The molecule has 0 bridgehead atoms. The highest BCUT2D eigenvalue weighted by Gasteiger charge is 2.44. The first-order chi connectivity index (χ1) is 12.5. The largest absolute Gasteiger partial charge is 0.481 e. The minimum Gasteiger partial charge on any atom is -0.481 e. The number of hydrogen-bond donors (Lipinski definition) is 3. The average Bonchev–Trinajstić information content (AvgIpc) is 2.60. The quantitative estimate of drug-likeness (QED) is 0.400. The summed E-state index contributed by atoms with van der Waals surface area (Å²) in [4.78, 5) is 22.4. The Balaban J connectivity index is 2.13. The number of ether oxygens (including phenoxy) is 1. The maximum absolute atomic E-state index is 11.3. The number of aliphatic hydroxyl groups excluding tert-OH is 1. The maximum Gasteiger partial charge on any atom is 0.307 e. The number of carboxylic acid groups (broad SMARTS) is 2. The summed E-state index contributed by atoms with van der Waals surface area (Å²) in [6, 6.07) is 0. The lowest BCUT2D eigenvalue weighted by atomic mass is 9.76. The molecule has 6 nitrogen and oxygen atoms in total. The van der Waals surface area contributed by atoms with Crippen LogP contribution in [0.3, 0.4) is 0 Å². The Bertz CT molecular complexity index is 411. The molecule has 0 aromatic carbocycles. The molecule has 0 radical (unpaired) electrons. The van der Waals surface area contributed by atoms with Crippen molar-refractivity contribution < 1.29 is 29.6 Å². The molecule has 0 aromatic heterocycles. The molecule has 0 unspecified atom stereocenters. The molecule has 0 saturated heterocycles. The molecule has 26 heavy (non-hydrogen) atoms. The molecule has 1 saturated carbocycles. The third-order valence-corrected chi connectivity index (χ3v) is 5.36. The van der Waals surface area contributed by atoms with Gasteiger partial charge in [-0.15, -0.1) is 0 Å². The van der Waals surface area contributed by atoms with Crippen molar-refractivity contribution in [3.8, 4) is 0 Å². The van der Waals surface area contributed by atoms with Gasteiger partial charge in [-0.3, -0.25) is 9.59 Å². The van der Waals surface area contributed by atoms with E-state index in [0.29, 0.717) is 6.61 Å². The van der Waals surface area contributed by atoms with E-state index in [-0.39, 0.29) is 12.8 Å². The van der Waals surface area contributed by atoms with Gasteiger partial charge in [0.2, 0.25) is 0 Å². The summed E-state index contributed by atoms with van der Waals surface area (Å²) in [6.07, 6.45) is 10.8. The summed E-state index contributed by atoms with van der Waals surface area (Å²) in [5, 5.41) is 28.4. The highest BCUT2D eigenvalue weighted by molar-refractivity contribution is 5.80. The molecule has 0 spiro atoms. The molecule has 1 fully saturated rings. The Hall–Kier alpha value is -1.14. The van der Waals surface area contributed by atoms with Gasteiger partial charge in [0.15, 0.2) is 0 Å². The molecule has 6 heteroatoms. The van der Waals surface area contributed by atoms with Crippen molar-refractivity contribution in [2.45, 2.75) is 96.2 Å². The second-order valence-corrected chi connectivity index (χ2v) is 7.52. The van der Waals surface area contributed by atoms with Crippen molar-refractivity contribution in [2.24, 2.45) is 11.8 Å². The number of carboxylic acids is 2. The predicted molar refractivity (Wildman–Crippen MR) is 99.1 cm³/mol. The maximum atomic E-state index is 11.3. The number of carbonyl (C=O) groups is 2. The normalized spacial score (nSPS) is 25.9. The lowest BCUT2D eigenvalue weighted by Gasteiger charge is -2.35. The van der Waals surface area contributed by atoms with Crippen LogP contribution in [0.4, 0.5) is 0 Å². The van der Waals surface area contributed by atoms with E-state index >= 15 is 0 Å². The molecule has 152 valence electrons. The topological polar surface area (TPSA) is 104 Å². The zero-order valence-electron chi connectivity index (χ0n) is 16.1. The van der Waals surface area contributed by atoms with Gasteiger partial charge in [-0.05, 0) is 19.3 Å². The molecular weight excluding hydrogens is 336 g/mol. The Morgan fingerprint density at radius 2 is 1.27 bits per heavy atom. The van der Waals surface area contributed by atoms with Gasteiger partial charge in [-0.25, -0.2) is 0 Å². The molecule has 1 rings (SSSR count). The minimum absolute atomic E-state index is 0.0605. The fourth-order valence-corrected chi connectivity index (χ4v) is 3.70. The zero-order chi connectivity index (χ0) is 19.4. The Morgan fingerprint density at radius 3 is 1.77 bits per heavy atom. The van der Waals surface area contributed by atoms with Gasteiger partial charge in [0.1, 0.15) is 0 Å². The van der Waals surface area contributed by atoms with Gasteiger partial charge in [-0.2, -0.15) is 0 Å². The van der Waals surface area contributed by atoms with E-state index in [1.54, 1.807) is 0 Å². The summed E-state index contributed by atoms with van der Waals surface area (Å²) in [6.45, 7) is 2.71. The predicted octanol–water partition coefficient (Wildman–Crippen LogP) is 3.85. The lowest BCUT2D eigenvalue weighted by molar-refractivity contribution is -0.165. The Morgan fingerprint density at radius 1 is 0.808 bits per heavy atom. The molecule has 0 amide bonds. The minimum atomic E-state index is -1.16. The van der Waals surface area contributed by atoms with Crippen LogP contribution in [-0.2, 0) is 14.3 Å². The van der Waals surface area contributed by atoms with E-state index in [9.17, 15) is 19.8 Å². The number of hydrogen-bond acceptors (Lipinski definition) is 4. The second-order valence-electron chi connectivity index (χ2n) is 7.52. The van der Waals surface area contributed by atoms with Crippen LogP contribution < -0.4 is 0 Å². The molecule has 0 aromatic rings. The molecule has 1 aliphatic rings. The van der Waals surface area contributed by atoms with Crippen LogP contribution in [0.2, 0.25) is 0 Å². The van der Waals surface area contributed by atoms with Crippen molar-refractivity contribution in [1.29, 1.82) is 0 Å². The summed E-state index contributed by atoms with van der Waals surface area (Å²) in [7, 11) is 0. The fourth-order valence-electron chi connectivity index (χ4n) is 3.70. The van der Waals surface area contributed by atoms with Crippen molar-refractivity contribution >= 4 is 11.9 Å². The van der Waals surface area contributed by atoms with E-state index in [1.807, 2.05) is 0 Å². The summed E-state index contributed by atoms with van der Waals surface area (Å²) < 4.78 is 5.67. The van der Waals surface area contributed by atoms with Crippen molar-refractivity contribution in [2.75, 3.05) is 6.61 Å². The van der Waals surface area contributed by atoms with Crippen LogP contribution in [0.5, 0.6) is 0 Å². The van der Waals surface area contributed by atoms with Crippen LogP contribution in [0.15, 0.2) is 0 Å². The molecule has 0 heterocycles. The highest BCUT2D eigenvalue weighted by Crippen LogP contribution is 2.32. The number of aliphatic hydroxyl groups is 1. The van der Waals surface area contributed by atoms with E-state index in [4.69, 9.17) is 9.84 Å². The van der Waals surface area contributed by atoms with Crippen molar-refractivity contribution in [1.82, 2.24) is 0 Å². The molecular formula is C20H36O6. The molecule has 3 N–H and O–H groups in total. The van der Waals surface area contributed by atoms with E-state index in [1.165, 1.54) is 51.4 Å². The number of rotatable bonds is 14. The first kappa shape index (κ1) is 22.9. The standard InChI is InChI=1S/C20H36O6/c1-2-3-4-5-6-7-8-9-10-11-12-26-18-14-16(20(24)25)15(19(22)23)13-17(18)21/h15-18,21H,2-14H2,1H3,(H,22,23)(H,24,25)/t15-,16+,17-,18-/m1/s1.